The zero-order chi connectivity index (χ0) is 9.10. The van der Waals surface area contributed by atoms with Crippen LogP contribution in [0.4, 0.5) is 0 Å². The zero-order valence-corrected chi connectivity index (χ0v) is 7.74. The minimum Gasteiger partial charge on any atom is -0.315 e. The number of nitrogens with zero attached hydrogens (tertiary/aromatic N) is 2. The molecule has 2 rings (SSSR count). The van der Waals surface area contributed by atoms with Gasteiger partial charge in [-0.1, -0.05) is 12.7 Å². The first-order chi connectivity index (χ1) is 6.40. The highest BCUT2D eigenvalue weighted by atomic mass is 15.3. The molecule has 1 N–H and O–H groups in total. The molecule has 0 saturated carbocycles. The van der Waals surface area contributed by atoms with Crippen LogP contribution in [0, 0.1) is 0 Å². The lowest BCUT2D eigenvalue weighted by molar-refractivity contribution is 0.347. The van der Waals surface area contributed by atoms with E-state index in [9.17, 15) is 0 Å². The van der Waals surface area contributed by atoms with Crippen molar-refractivity contribution in [3.63, 3.8) is 0 Å². The maximum atomic E-state index is 4.32. The molecule has 1 fully saturated rings. The number of piperidine rings is 1. The molecule has 3 heteroatoms. The number of nitrogens with one attached hydrogen (secondary N) is 1. The van der Waals surface area contributed by atoms with Crippen LogP contribution < -0.4 is 5.32 Å². The molecule has 1 aromatic rings. The summed E-state index contributed by atoms with van der Waals surface area (Å²) in [5, 5.41) is 7.69. The number of aromatic nitrogens is 2. The fourth-order valence-corrected chi connectivity index (χ4v) is 1.72. The third-order valence-electron chi connectivity index (χ3n) is 2.50. The Morgan fingerprint density at radius 1 is 1.69 bits per heavy atom. The zero-order valence-electron chi connectivity index (χ0n) is 7.74. The largest absolute Gasteiger partial charge is 0.315 e. The van der Waals surface area contributed by atoms with E-state index >= 15 is 0 Å². The quantitative estimate of drug-likeness (QED) is 0.741. The SMILES string of the molecule is C=Cc1cnn(C2CCCNC2)c1. The molecule has 0 bridgehead atoms. The molecule has 0 spiro atoms. The van der Waals surface area contributed by atoms with Crippen LogP contribution in [-0.4, -0.2) is 22.9 Å². The van der Waals surface area contributed by atoms with Gasteiger partial charge in [0.25, 0.3) is 0 Å². The monoisotopic (exact) mass is 177 g/mol. The third-order valence-corrected chi connectivity index (χ3v) is 2.50. The lowest BCUT2D eigenvalue weighted by Gasteiger charge is -2.22. The molecule has 2 heterocycles. The van der Waals surface area contributed by atoms with Gasteiger partial charge in [-0.15, -0.1) is 0 Å². The van der Waals surface area contributed by atoms with E-state index in [1.54, 1.807) is 0 Å². The Morgan fingerprint density at radius 2 is 2.62 bits per heavy atom. The lowest BCUT2D eigenvalue weighted by Crippen LogP contribution is -2.31. The summed E-state index contributed by atoms with van der Waals surface area (Å²) < 4.78 is 2.04. The molecule has 1 atom stereocenters. The Balaban J connectivity index is 2.09. The van der Waals surface area contributed by atoms with Crippen molar-refractivity contribution in [3.8, 4) is 0 Å². The van der Waals surface area contributed by atoms with Crippen LogP contribution in [0.5, 0.6) is 0 Å². The molecule has 3 nitrogen and oxygen atoms in total. The molecule has 70 valence electrons. The predicted octanol–water partition coefficient (Wildman–Crippen LogP) is 1.45. The molecule has 1 aliphatic rings. The van der Waals surface area contributed by atoms with Gasteiger partial charge < -0.3 is 5.32 Å². The summed E-state index contributed by atoms with van der Waals surface area (Å²) >= 11 is 0. The van der Waals surface area contributed by atoms with E-state index in [1.165, 1.54) is 12.8 Å². The third kappa shape index (κ3) is 1.80. The molecule has 0 aromatic carbocycles. The highest BCUT2D eigenvalue weighted by Gasteiger charge is 2.14. The summed E-state index contributed by atoms with van der Waals surface area (Å²) in [6, 6.07) is 0.530. The minimum absolute atomic E-state index is 0.530. The van der Waals surface area contributed by atoms with E-state index in [4.69, 9.17) is 0 Å². The van der Waals surface area contributed by atoms with Gasteiger partial charge in [0.2, 0.25) is 0 Å². The summed E-state index contributed by atoms with van der Waals surface area (Å²) in [6.45, 7) is 5.91. The molecule has 0 amide bonds. The van der Waals surface area contributed by atoms with Crippen molar-refractivity contribution < 1.29 is 0 Å². The van der Waals surface area contributed by atoms with Gasteiger partial charge in [0.15, 0.2) is 0 Å². The van der Waals surface area contributed by atoms with E-state index in [2.05, 4.69) is 23.2 Å². The van der Waals surface area contributed by atoms with Crippen molar-refractivity contribution in [2.24, 2.45) is 0 Å². The van der Waals surface area contributed by atoms with E-state index < -0.39 is 0 Å². The maximum Gasteiger partial charge on any atom is 0.0644 e. The van der Waals surface area contributed by atoms with E-state index in [-0.39, 0.29) is 0 Å². The average molecular weight is 177 g/mol. The van der Waals surface area contributed by atoms with Crippen molar-refractivity contribution in [1.82, 2.24) is 15.1 Å². The highest BCUT2D eigenvalue weighted by molar-refractivity contribution is 5.43. The average Bonchev–Trinajstić information content (AvgIpc) is 2.67. The van der Waals surface area contributed by atoms with E-state index in [0.29, 0.717) is 6.04 Å². The van der Waals surface area contributed by atoms with Gasteiger partial charge in [-0.25, -0.2) is 0 Å². The molecular formula is C10H15N3. The van der Waals surface area contributed by atoms with Crippen LogP contribution in [0.25, 0.3) is 6.08 Å². The number of hydrogen-bond acceptors (Lipinski definition) is 2. The normalized spacial score (nSPS) is 22.9. The topological polar surface area (TPSA) is 29.9 Å². The van der Waals surface area contributed by atoms with Crippen molar-refractivity contribution in [1.29, 1.82) is 0 Å². The van der Waals surface area contributed by atoms with E-state index in [1.807, 2.05) is 17.0 Å². The summed E-state index contributed by atoms with van der Waals surface area (Å²) in [6.07, 6.45) is 8.23. The van der Waals surface area contributed by atoms with Crippen LogP contribution in [0.2, 0.25) is 0 Å². The van der Waals surface area contributed by atoms with Gasteiger partial charge >= 0.3 is 0 Å². The molecule has 1 aliphatic heterocycles. The molecule has 1 saturated heterocycles. The Morgan fingerprint density at radius 3 is 3.23 bits per heavy atom. The Kier molecular flexibility index (Phi) is 2.45. The second-order valence-electron chi connectivity index (χ2n) is 3.46. The fraction of sp³-hybridized carbons (Fsp3) is 0.500. The number of rotatable bonds is 2. The lowest BCUT2D eigenvalue weighted by atomic mass is 10.1. The molecule has 13 heavy (non-hydrogen) atoms. The summed E-state index contributed by atoms with van der Waals surface area (Å²) in [7, 11) is 0. The van der Waals surface area contributed by atoms with Crippen LogP contribution in [-0.2, 0) is 0 Å². The molecule has 0 aliphatic carbocycles. The van der Waals surface area contributed by atoms with Crippen molar-refractivity contribution >= 4 is 6.08 Å². The fourth-order valence-electron chi connectivity index (χ4n) is 1.72. The van der Waals surface area contributed by atoms with Gasteiger partial charge in [0.05, 0.1) is 12.2 Å². The van der Waals surface area contributed by atoms with Crippen LogP contribution in [0.3, 0.4) is 0 Å². The maximum absolute atomic E-state index is 4.32. The van der Waals surface area contributed by atoms with Gasteiger partial charge in [0.1, 0.15) is 0 Å². The summed E-state index contributed by atoms with van der Waals surface area (Å²) in [4.78, 5) is 0. The Hall–Kier alpha value is -1.09. The second-order valence-corrected chi connectivity index (χ2v) is 3.46. The number of hydrogen-bond donors (Lipinski definition) is 1. The standard InChI is InChI=1S/C10H15N3/c1-2-9-6-12-13(8-9)10-4-3-5-11-7-10/h2,6,8,10-11H,1,3-5,7H2. The summed E-state index contributed by atoms with van der Waals surface area (Å²) in [5.74, 6) is 0. The van der Waals surface area contributed by atoms with Crippen molar-refractivity contribution in [3.05, 3.63) is 24.5 Å². The van der Waals surface area contributed by atoms with Gasteiger partial charge in [-0.2, -0.15) is 5.10 Å². The minimum atomic E-state index is 0.530. The van der Waals surface area contributed by atoms with Crippen LogP contribution in [0.15, 0.2) is 19.0 Å². The van der Waals surface area contributed by atoms with Gasteiger partial charge in [0, 0.05) is 18.3 Å². The first-order valence-corrected chi connectivity index (χ1v) is 4.77. The molecular weight excluding hydrogens is 162 g/mol. The first kappa shape index (κ1) is 8.51. The second kappa shape index (κ2) is 3.75. The van der Waals surface area contributed by atoms with Crippen LogP contribution in [0.1, 0.15) is 24.4 Å². The van der Waals surface area contributed by atoms with Gasteiger partial charge in [-0.05, 0) is 19.4 Å². The highest BCUT2D eigenvalue weighted by Crippen LogP contribution is 2.16. The summed E-state index contributed by atoms with van der Waals surface area (Å²) in [5.41, 5.74) is 1.10. The van der Waals surface area contributed by atoms with Gasteiger partial charge in [-0.3, -0.25) is 4.68 Å². The smallest absolute Gasteiger partial charge is 0.0644 e. The van der Waals surface area contributed by atoms with Crippen molar-refractivity contribution in [2.75, 3.05) is 13.1 Å². The van der Waals surface area contributed by atoms with E-state index in [0.717, 1.165) is 18.7 Å². The first-order valence-electron chi connectivity index (χ1n) is 4.77. The molecule has 1 aromatic heterocycles. The molecule has 0 radical (unpaired) electrons. The van der Waals surface area contributed by atoms with Crippen LogP contribution >= 0.6 is 0 Å². The predicted molar refractivity (Wildman–Crippen MR) is 53.5 cm³/mol. The van der Waals surface area contributed by atoms with Crippen molar-refractivity contribution in [2.45, 2.75) is 18.9 Å². The Labute approximate surface area is 78.4 Å². The Bertz CT molecular complexity index is 284. The molecule has 1 unspecified atom stereocenters.